The standard InChI is InChI=1S/C19H20N2O3/c1-3-4-5-6-9-16-11-12-18(24-16)19(22)21-20-14-15-8-7-10-17(13-15)23-2/h7-8,10-14H,3-5H2,1-2H3,(H,21,22). The minimum Gasteiger partial charge on any atom is -0.497 e. The van der Waals surface area contributed by atoms with E-state index in [0.29, 0.717) is 5.76 Å². The van der Waals surface area contributed by atoms with Gasteiger partial charge in [0.15, 0.2) is 11.5 Å². The maximum Gasteiger partial charge on any atom is 0.307 e. The molecule has 1 heterocycles. The van der Waals surface area contributed by atoms with Crippen LogP contribution in [0.4, 0.5) is 0 Å². The highest BCUT2D eigenvalue weighted by atomic mass is 16.5. The molecule has 1 aromatic carbocycles. The van der Waals surface area contributed by atoms with Crippen LogP contribution in [-0.4, -0.2) is 19.2 Å². The minimum atomic E-state index is -0.421. The number of rotatable bonds is 6. The van der Waals surface area contributed by atoms with Gasteiger partial charge in [0, 0.05) is 6.42 Å². The molecule has 0 unspecified atom stereocenters. The third kappa shape index (κ3) is 5.33. The van der Waals surface area contributed by atoms with Gasteiger partial charge in [0.2, 0.25) is 0 Å². The smallest absolute Gasteiger partial charge is 0.307 e. The summed E-state index contributed by atoms with van der Waals surface area (Å²) in [5, 5.41) is 3.91. The van der Waals surface area contributed by atoms with Crippen molar-refractivity contribution in [3.05, 3.63) is 53.5 Å². The molecule has 0 bridgehead atoms. The van der Waals surface area contributed by atoms with Gasteiger partial charge in [-0.3, -0.25) is 4.79 Å². The van der Waals surface area contributed by atoms with Gasteiger partial charge in [-0.05, 0) is 42.2 Å². The number of ether oxygens (including phenoxy) is 1. The van der Waals surface area contributed by atoms with E-state index in [4.69, 9.17) is 9.15 Å². The average Bonchev–Trinajstić information content (AvgIpc) is 3.08. The average molecular weight is 324 g/mol. The molecule has 5 nitrogen and oxygen atoms in total. The van der Waals surface area contributed by atoms with Crippen molar-refractivity contribution in [2.45, 2.75) is 26.2 Å². The fraction of sp³-hybridized carbons (Fsp3) is 0.263. The summed E-state index contributed by atoms with van der Waals surface area (Å²) in [5.74, 6) is 6.88. The Labute approximate surface area is 141 Å². The van der Waals surface area contributed by atoms with Crippen LogP contribution in [0.15, 0.2) is 45.9 Å². The largest absolute Gasteiger partial charge is 0.497 e. The van der Waals surface area contributed by atoms with Crippen molar-refractivity contribution in [1.82, 2.24) is 5.43 Å². The maximum atomic E-state index is 12.0. The summed E-state index contributed by atoms with van der Waals surface area (Å²) in [6.07, 6.45) is 4.52. The Kier molecular flexibility index (Phi) is 6.66. The summed E-state index contributed by atoms with van der Waals surface area (Å²) in [6.45, 7) is 2.11. The van der Waals surface area contributed by atoms with Crippen molar-refractivity contribution < 1.29 is 13.9 Å². The summed E-state index contributed by atoms with van der Waals surface area (Å²) in [6, 6.07) is 10.6. The second-order valence-corrected chi connectivity index (χ2v) is 5.04. The quantitative estimate of drug-likeness (QED) is 0.382. The first-order valence-corrected chi connectivity index (χ1v) is 7.79. The Hall–Kier alpha value is -3.00. The molecule has 0 saturated carbocycles. The molecule has 2 rings (SSSR count). The SMILES string of the molecule is CCCCC#Cc1ccc(C(=O)NN=Cc2cccc(OC)c2)o1. The van der Waals surface area contributed by atoms with Crippen LogP contribution in [0, 0.1) is 11.8 Å². The monoisotopic (exact) mass is 324 g/mol. The zero-order chi connectivity index (χ0) is 17.2. The van der Waals surface area contributed by atoms with Crippen molar-refractivity contribution in [2.24, 2.45) is 5.10 Å². The molecule has 124 valence electrons. The number of nitrogens with one attached hydrogen (secondary N) is 1. The van der Waals surface area contributed by atoms with Crippen LogP contribution in [0.3, 0.4) is 0 Å². The van der Waals surface area contributed by atoms with Gasteiger partial charge < -0.3 is 9.15 Å². The Morgan fingerprint density at radius 2 is 2.25 bits per heavy atom. The molecule has 1 N–H and O–H groups in total. The topological polar surface area (TPSA) is 63.8 Å². The lowest BCUT2D eigenvalue weighted by atomic mass is 10.2. The molecule has 0 radical (unpaired) electrons. The number of hydrogen-bond donors (Lipinski definition) is 1. The number of carbonyl (C=O) groups excluding carboxylic acids is 1. The molecular formula is C19H20N2O3. The molecule has 0 spiro atoms. The molecular weight excluding hydrogens is 304 g/mol. The summed E-state index contributed by atoms with van der Waals surface area (Å²) in [5.41, 5.74) is 3.24. The first kappa shape index (κ1) is 17.4. The zero-order valence-electron chi connectivity index (χ0n) is 13.8. The first-order chi connectivity index (χ1) is 11.7. The molecule has 2 aromatic rings. The van der Waals surface area contributed by atoms with E-state index in [0.717, 1.165) is 30.6 Å². The van der Waals surface area contributed by atoms with E-state index in [1.165, 1.54) is 6.21 Å². The van der Waals surface area contributed by atoms with Gasteiger partial charge in [-0.25, -0.2) is 5.43 Å². The lowest BCUT2D eigenvalue weighted by Crippen LogP contribution is -2.16. The fourth-order valence-corrected chi connectivity index (χ4v) is 1.88. The second kappa shape index (κ2) is 9.21. The number of amides is 1. The van der Waals surface area contributed by atoms with Gasteiger partial charge in [0.1, 0.15) is 5.75 Å². The minimum absolute atomic E-state index is 0.178. The van der Waals surface area contributed by atoms with Gasteiger partial charge in [0.25, 0.3) is 0 Å². The third-order valence-electron chi connectivity index (χ3n) is 3.17. The highest BCUT2D eigenvalue weighted by Gasteiger charge is 2.09. The van der Waals surface area contributed by atoms with Crippen LogP contribution >= 0.6 is 0 Å². The molecule has 0 atom stereocenters. The van der Waals surface area contributed by atoms with Crippen LogP contribution in [0.1, 0.15) is 48.1 Å². The Bertz CT molecular complexity index is 766. The zero-order valence-corrected chi connectivity index (χ0v) is 13.8. The molecule has 1 amide bonds. The lowest BCUT2D eigenvalue weighted by molar-refractivity contribution is 0.0927. The van der Waals surface area contributed by atoms with E-state index >= 15 is 0 Å². The van der Waals surface area contributed by atoms with E-state index in [1.54, 1.807) is 19.2 Å². The second-order valence-electron chi connectivity index (χ2n) is 5.04. The number of hydrogen-bond acceptors (Lipinski definition) is 4. The number of unbranched alkanes of at least 4 members (excludes halogenated alkanes) is 2. The summed E-state index contributed by atoms with van der Waals surface area (Å²) < 4.78 is 10.5. The summed E-state index contributed by atoms with van der Waals surface area (Å²) >= 11 is 0. The van der Waals surface area contributed by atoms with Crippen molar-refractivity contribution in [1.29, 1.82) is 0 Å². The number of nitrogens with zero attached hydrogens (tertiary/aromatic N) is 1. The van der Waals surface area contributed by atoms with Gasteiger partial charge in [-0.2, -0.15) is 5.10 Å². The van der Waals surface area contributed by atoms with Crippen LogP contribution in [-0.2, 0) is 0 Å². The lowest BCUT2D eigenvalue weighted by Gasteiger charge is -1.99. The van der Waals surface area contributed by atoms with Crippen LogP contribution in [0.2, 0.25) is 0 Å². The summed E-state index contributed by atoms with van der Waals surface area (Å²) in [7, 11) is 1.59. The Balaban J connectivity index is 1.91. The molecule has 5 heteroatoms. The van der Waals surface area contributed by atoms with Crippen molar-refractivity contribution in [3.8, 4) is 17.6 Å². The Morgan fingerprint density at radius 1 is 1.38 bits per heavy atom. The summed E-state index contributed by atoms with van der Waals surface area (Å²) in [4.78, 5) is 12.0. The highest BCUT2D eigenvalue weighted by molar-refractivity contribution is 5.92. The van der Waals surface area contributed by atoms with Gasteiger partial charge in [-0.15, -0.1) is 0 Å². The highest BCUT2D eigenvalue weighted by Crippen LogP contribution is 2.11. The van der Waals surface area contributed by atoms with Crippen LogP contribution < -0.4 is 10.2 Å². The van der Waals surface area contributed by atoms with Gasteiger partial charge >= 0.3 is 5.91 Å². The first-order valence-electron chi connectivity index (χ1n) is 7.79. The molecule has 0 aliphatic rings. The van der Waals surface area contributed by atoms with Crippen LogP contribution in [0.25, 0.3) is 0 Å². The van der Waals surface area contributed by atoms with E-state index in [-0.39, 0.29) is 5.76 Å². The number of furan rings is 1. The molecule has 0 aliphatic heterocycles. The van der Waals surface area contributed by atoms with Crippen molar-refractivity contribution in [3.63, 3.8) is 0 Å². The Morgan fingerprint density at radius 3 is 3.04 bits per heavy atom. The molecule has 0 fully saturated rings. The van der Waals surface area contributed by atoms with E-state index in [9.17, 15) is 4.79 Å². The van der Waals surface area contributed by atoms with E-state index < -0.39 is 5.91 Å². The van der Waals surface area contributed by atoms with E-state index in [2.05, 4.69) is 29.3 Å². The van der Waals surface area contributed by atoms with Crippen LogP contribution in [0.5, 0.6) is 5.75 Å². The normalized spacial score (nSPS) is 10.2. The van der Waals surface area contributed by atoms with Crippen molar-refractivity contribution in [2.75, 3.05) is 7.11 Å². The molecule has 0 aliphatic carbocycles. The predicted molar refractivity (Wildman–Crippen MR) is 93.2 cm³/mol. The maximum absolute atomic E-state index is 12.0. The number of carbonyl (C=O) groups is 1. The fourth-order valence-electron chi connectivity index (χ4n) is 1.88. The third-order valence-corrected chi connectivity index (χ3v) is 3.17. The van der Waals surface area contributed by atoms with E-state index in [1.807, 2.05) is 24.3 Å². The van der Waals surface area contributed by atoms with Gasteiger partial charge in [0.05, 0.1) is 13.3 Å². The number of benzene rings is 1. The molecule has 1 aromatic heterocycles. The molecule has 0 saturated heterocycles. The number of hydrazone groups is 1. The predicted octanol–water partition coefficient (Wildman–Crippen LogP) is 3.59. The number of methoxy groups -OCH3 is 1. The van der Waals surface area contributed by atoms with Gasteiger partial charge in [-0.1, -0.05) is 31.4 Å². The van der Waals surface area contributed by atoms with Crippen molar-refractivity contribution >= 4 is 12.1 Å². The molecule has 24 heavy (non-hydrogen) atoms.